The number of aromatic nitrogens is 3. The molecule has 34 heavy (non-hydrogen) atoms. The van der Waals surface area contributed by atoms with Crippen LogP contribution in [-0.4, -0.2) is 63.5 Å². The molecule has 7 heteroatoms. The maximum absolute atomic E-state index is 12.8. The van der Waals surface area contributed by atoms with Gasteiger partial charge in [0.15, 0.2) is 11.3 Å². The summed E-state index contributed by atoms with van der Waals surface area (Å²) in [5.74, 6) is 6.26. The molecule has 2 aromatic heterocycles. The van der Waals surface area contributed by atoms with E-state index in [1.165, 1.54) is 0 Å². The number of fused-ring (bicyclic) bond motifs is 1. The van der Waals surface area contributed by atoms with Gasteiger partial charge in [-0.05, 0) is 49.4 Å². The Labute approximate surface area is 198 Å². The number of carbonyl (C=O) groups is 1. The molecule has 1 fully saturated rings. The molecule has 4 aromatic rings. The Bertz CT molecular complexity index is 1460. The van der Waals surface area contributed by atoms with Crippen molar-refractivity contribution in [2.75, 3.05) is 33.2 Å². The van der Waals surface area contributed by atoms with Crippen molar-refractivity contribution in [2.45, 2.75) is 0 Å². The summed E-state index contributed by atoms with van der Waals surface area (Å²) < 4.78 is 1.71. The van der Waals surface area contributed by atoms with Gasteiger partial charge in [0.25, 0.3) is 5.91 Å². The summed E-state index contributed by atoms with van der Waals surface area (Å²) in [5, 5.41) is 4.73. The highest BCUT2D eigenvalue weighted by Crippen LogP contribution is 2.20. The molecule has 0 aliphatic carbocycles. The van der Waals surface area contributed by atoms with Crippen LogP contribution in [0.4, 0.5) is 5.69 Å². The van der Waals surface area contributed by atoms with Crippen LogP contribution >= 0.6 is 0 Å². The van der Waals surface area contributed by atoms with Crippen LogP contribution in [0.3, 0.4) is 0 Å². The number of likely N-dealkylation sites (N-methyl/N-ethyl adjacent to an activating group) is 1. The Morgan fingerprint density at radius 3 is 2.56 bits per heavy atom. The van der Waals surface area contributed by atoms with Crippen LogP contribution in [0.1, 0.15) is 21.6 Å². The lowest BCUT2D eigenvalue weighted by Crippen LogP contribution is -2.47. The zero-order chi connectivity index (χ0) is 23.5. The van der Waals surface area contributed by atoms with Crippen molar-refractivity contribution in [2.24, 2.45) is 0 Å². The smallest absolute Gasteiger partial charge is 0.253 e. The normalized spacial score (nSPS) is 13.8. The summed E-state index contributed by atoms with van der Waals surface area (Å²) in [6.07, 6.45) is 1.69. The summed E-state index contributed by atoms with van der Waals surface area (Å²) >= 11 is 0. The SMILES string of the molecule is [C-]#[N+]c1cccc(C#Cc2cnc3ccc(-c4ccc(C(=O)N5CCN(C)CC5)cc4)nn23)c1. The van der Waals surface area contributed by atoms with Crippen LogP contribution in [0.2, 0.25) is 0 Å². The van der Waals surface area contributed by atoms with Gasteiger partial charge >= 0.3 is 0 Å². The lowest BCUT2D eigenvalue weighted by molar-refractivity contribution is 0.0664. The number of hydrogen-bond acceptors (Lipinski definition) is 4. The van der Waals surface area contributed by atoms with Crippen molar-refractivity contribution in [1.29, 1.82) is 0 Å². The summed E-state index contributed by atoms with van der Waals surface area (Å²) in [7, 11) is 2.07. The van der Waals surface area contributed by atoms with Crippen molar-refractivity contribution in [3.05, 3.63) is 95.1 Å². The first kappa shape index (κ1) is 21.4. The molecule has 7 nitrogen and oxygen atoms in total. The number of carbonyl (C=O) groups excluding carboxylic acids is 1. The second-order valence-electron chi connectivity index (χ2n) is 8.22. The van der Waals surface area contributed by atoms with Gasteiger partial charge in [-0.15, -0.1) is 0 Å². The van der Waals surface area contributed by atoms with E-state index in [2.05, 4.69) is 33.6 Å². The molecule has 5 rings (SSSR count). The summed E-state index contributed by atoms with van der Waals surface area (Å²) in [5.41, 5.74) is 5.04. The van der Waals surface area contributed by atoms with Crippen molar-refractivity contribution in [3.63, 3.8) is 0 Å². The highest BCUT2D eigenvalue weighted by atomic mass is 16.2. The Morgan fingerprint density at radius 2 is 1.79 bits per heavy atom. The monoisotopic (exact) mass is 446 g/mol. The van der Waals surface area contributed by atoms with E-state index in [1.54, 1.807) is 22.8 Å². The number of rotatable bonds is 2. The summed E-state index contributed by atoms with van der Waals surface area (Å²) in [4.78, 5) is 24.8. The average molecular weight is 447 g/mol. The minimum atomic E-state index is 0.0671. The third kappa shape index (κ3) is 4.38. The molecular weight excluding hydrogens is 424 g/mol. The summed E-state index contributed by atoms with van der Waals surface area (Å²) in [6, 6.07) is 18.6. The molecular formula is C27H22N6O. The van der Waals surface area contributed by atoms with E-state index in [0.29, 0.717) is 22.6 Å². The zero-order valence-electron chi connectivity index (χ0n) is 18.8. The quantitative estimate of drug-likeness (QED) is 0.348. The van der Waals surface area contributed by atoms with Gasteiger partial charge in [0.05, 0.1) is 18.5 Å². The third-order valence-corrected chi connectivity index (χ3v) is 5.89. The minimum Gasteiger partial charge on any atom is -0.336 e. The van der Waals surface area contributed by atoms with E-state index in [-0.39, 0.29) is 5.91 Å². The Morgan fingerprint density at radius 1 is 1.00 bits per heavy atom. The van der Waals surface area contributed by atoms with Crippen LogP contribution in [0.5, 0.6) is 0 Å². The van der Waals surface area contributed by atoms with Crippen LogP contribution in [0, 0.1) is 18.4 Å². The molecule has 1 amide bonds. The van der Waals surface area contributed by atoms with Gasteiger partial charge in [-0.25, -0.2) is 14.3 Å². The summed E-state index contributed by atoms with van der Waals surface area (Å²) in [6.45, 7) is 10.5. The molecule has 0 spiro atoms. The molecule has 0 N–H and O–H groups in total. The van der Waals surface area contributed by atoms with Crippen LogP contribution in [-0.2, 0) is 0 Å². The molecule has 2 aromatic carbocycles. The lowest BCUT2D eigenvalue weighted by atomic mass is 10.1. The lowest BCUT2D eigenvalue weighted by Gasteiger charge is -2.32. The van der Waals surface area contributed by atoms with E-state index in [1.807, 2.05) is 53.4 Å². The van der Waals surface area contributed by atoms with Gasteiger partial charge in [-0.3, -0.25) is 4.79 Å². The number of amides is 1. The second-order valence-corrected chi connectivity index (χ2v) is 8.22. The highest BCUT2D eigenvalue weighted by Gasteiger charge is 2.20. The molecule has 0 bridgehead atoms. The Hall–Kier alpha value is -4.46. The number of nitrogens with zero attached hydrogens (tertiary/aromatic N) is 6. The average Bonchev–Trinajstić information content (AvgIpc) is 3.30. The zero-order valence-corrected chi connectivity index (χ0v) is 18.8. The predicted molar refractivity (Wildman–Crippen MR) is 131 cm³/mol. The second kappa shape index (κ2) is 9.19. The number of imidazole rings is 1. The van der Waals surface area contributed by atoms with Crippen molar-refractivity contribution < 1.29 is 4.79 Å². The fraction of sp³-hybridized carbons (Fsp3) is 0.185. The molecule has 166 valence electrons. The van der Waals surface area contributed by atoms with Crippen LogP contribution in [0.25, 0.3) is 21.7 Å². The van der Waals surface area contributed by atoms with Gasteiger partial charge in [0.2, 0.25) is 0 Å². The van der Waals surface area contributed by atoms with Gasteiger partial charge < -0.3 is 9.80 Å². The van der Waals surface area contributed by atoms with Crippen LogP contribution < -0.4 is 0 Å². The first-order valence-corrected chi connectivity index (χ1v) is 11.0. The standard InChI is InChI=1S/C27H22N6O/c1-28-23-5-3-4-20(18-23)6-11-24-19-29-26-13-12-25(30-33(24)26)21-7-9-22(10-8-21)27(34)32-16-14-31(2)15-17-32/h3-5,7-10,12-13,18-19H,14-17H2,2H3. The maximum atomic E-state index is 12.8. The molecule has 1 aliphatic heterocycles. The molecule has 1 aliphatic rings. The van der Waals surface area contributed by atoms with E-state index in [4.69, 9.17) is 11.7 Å². The number of benzene rings is 2. The number of piperazine rings is 1. The van der Waals surface area contributed by atoms with E-state index >= 15 is 0 Å². The minimum absolute atomic E-state index is 0.0671. The van der Waals surface area contributed by atoms with Crippen LogP contribution in [0.15, 0.2) is 66.9 Å². The first-order valence-electron chi connectivity index (χ1n) is 11.0. The largest absolute Gasteiger partial charge is 0.336 e. The molecule has 1 saturated heterocycles. The molecule has 0 saturated carbocycles. The van der Waals surface area contributed by atoms with E-state index < -0.39 is 0 Å². The van der Waals surface area contributed by atoms with Gasteiger partial charge in [0.1, 0.15) is 5.69 Å². The number of hydrogen-bond donors (Lipinski definition) is 0. The topological polar surface area (TPSA) is 58.1 Å². The van der Waals surface area contributed by atoms with Crippen molar-refractivity contribution >= 4 is 17.2 Å². The fourth-order valence-corrected chi connectivity index (χ4v) is 3.88. The van der Waals surface area contributed by atoms with E-state index in [0.717, 1.165) is 43.0 Å². The van der Waals surface area contributed by atoms with Crippen molar-refractivity contribution in [3.8, 4) is 23.1 Å². The molecule has 0 atom stereocenters. The van der Waals surface area contributed by atoms with Crippen molar-refractivity contribution in [1.82, 2.24) is 24.4 Å². The predicted octanol–water partition coefficient (Wildman–Crippen LogP) is 3.73. The van der Waals surface area contributed by atoms with Gasteiger partial charge in [0, 0.05) is 42.9 Å². The first-order chi connectivity index (χ1) is 16.6. The molecule has 0 radical (unpaired) electrons. The third-order valence-electron chi connectivity index (χ3n) is 5.89. The molecule has 3 heterocycles. The Balaban J connectivity index is 1.39. The van der Waals surface area contributed by atoms with Gasteiger partial charge in [-0.2, -0.15) is 5.10 Å². The van der Waals surface area contributed by atoms with Gasteiger partial charge in [-0.1, -0.05) is 30.2 Å². The maximum Gasteiger partial charge on any atom is 0.253 e. The highest BCUT2D eigenvalue weighted by molar-refractivity contribution is 5.94. The molecule has 0 unspecified atom stereocenters. The van der Waals surface area contributed by atoms with E-state index in [9.17, 15) is 4.79 Å². The fourth-order valence-electron chi connectivity index (χ4n) is 3.88. The Kier molecular flexibility index (Phi) is 5.78.